The Balaban J connectivity index is 0.594. The number of rotatable bonds is 54. The standard InChI is InChI=1S/C91H124N10O33/c1-54(2)62-46-78(105)96(84(62)110)22-19-76(103)92-21-26-122-28-30-124-32-34-126-36-38-128-40-39-127-37-35-125-33-31-123-29-27-121-25-20-77(104)95-79(55(3)4)83(109)93-58(7)82(108)94-61-16-13-59(14-17-61)51-132-90(115)99-65-47-74(72(119-8)44-63(65)85(111)97-49-56(5)41-68(97)87(99)113)129-23-11-10-12-24-130-75-48-66-64(45-73(75)120-9)86(112)98-50-57(6)42-69(98)88(114)100(66)91(116)133-52-60-15-18-71(67(43-60)101(117)118)134-89-81(107)80(106)70(102)53-131-89/h13-18,43-45,47-50,54-55,58,62,68-70,79-81,87-89,102,106-107,113-114H,10-12,19-42,46,51-53H2,1-9H3,(H,92,103)(H,93,109)(H,94,108)(H,95,104)/t58-,62?,68-,69-,70+,79-,80-,81+,87-,88-,89-/m0/s1. The zero-order valence-corrected chi connectivity index (χ0v) is 76.8. The first-order valence-electron chi connectivity index (χ1n) is 44.7. The average molecular weight is 1890 g/mol. The van der Waals surface area contributed by atoms with Crippen molar-refractivity contribution in [3.05, 3.63) is 123 Å². The van der Waals surface area contributed by atoms with Gasteiger partial charge in [-0.1, -0.05) is 57.0 Å². The third-order valence-corrected chi connectivity index (χ3v) is 22.6. The summed E-state index contributed by atoms with van der Waals surface area (Å²) in [6, 6.07) is 11.6. The van der Waals surface area contributed by atoms with Crippen molar-refractivity contribution in [2.45, 2.75) is 174 Å². The Morgan fingerprint density at radius 2 is 1.01 bits per heavy atom. The highest BCUT2D eigenvalue weighted by atomic mass is 16.7. The first kappa shape index (κ1) is 105. The molecule has 2 saturated heterocycles. The van der Waals surface area contributed by atoms with E-state index in [1.54, 1.807) is 64.4 Å². The fourth-order valence-corrected chi connectivity index (χ4v) is 15.2. The summed E-state index contributed by atoms with van der Waals surface area (Å²) in [5, 5.41) is 77.6. The summed E-state index contributed by atoms with van der Waals surface area (Å²) in [7, 11) is 2.74. The van der Waals surface area contributed by atoms with Crippen molar-refractivity contribution in [3.63, 3.8) is 0 Å². The third kappa shape index (κ3) is 29.1. The molecule has 10 amide bonds. The van der Waals surface area contributed by atoms with Crippen LogP contribution in [0.1, 0.15) is 132 Å². The highest BCUT2D eigenvalue weighted by molar-refractivity contribution is 6.08. The summed E-state index contributed by atoms with van der Waals surface area (Å²) in [5.74, 6) is -3.89. The molecular weight excluding hydrogens is 1760 g/mol. The number of methoxy groups -OCH3 is 2. The van der Waals surface area contributed by atoms with Crippen molar-refractivity contribution in [1.29, 1.82) is 0 Å². The van der Waals surface area contributed by atoms with Gasteiger partial charge in [-0.25, -0.2) is 19.4 Å². The van der Waals surface area contributed by atoms with Crippen LogP contribution in [0.4, 0.5) is 32.3 Å². The van der Waals surface area contributed by atoms with Gasteiger partial charge in [-0.05, 0) is 106 Å². The fraction of sp³-hybridized carbons (Fsp3) is 0.582. The molecule has 10 rings (SSSR count). The van der Waals surface area contributed by atoms with Gasteiger partial charge in [-0.15, -0.1) is 0 Å². The maximum Gasteiger partial charge on any atom is 0.416 e. The lowest BCUT2D eigenvalue weighted by Crippen LogP contribution is -2.54. The fourth-order valence-electron chi connectivity index (χ4n) is 15.2. The van der Waals surface area contributed by atoms with E-state index in [9.17, 15) is 83.6 Å². The first-order chi connectivity index (χ1) is 64.4. The van der Waals surface area contributed by atoms with Gasteiger partial charge in [0.05, 0.1) is 179 Å². The number of hydrogen-bond donors (Lipinski definition) is 9. The van der Waals surface area contributed by atoms with Gasteiger partial charge in [0.1, 0.15) is 43.6 Å². The molecule has 0 radical (unpaired) electrons. The molecule has 0 spiro atoms. The number of unbranched alkanes of at least 4 members (excludes halogenated alkanes) is 2. The summed E-state index contributed by atoms with van der Waals surface area (Å²) in [6.45, 7) is 16.7. The average Bonchev–Trinajstić information content (AvgIpc) is 1.60. The van der Waals surface area contributed by atoms with E-state index in [4.69, 9.17) is 75.8 Å². The van der Waals surface area contributed by atoms with Gasteiger partial charge in [0, 0.05) is 74.6 Å². The Morgan fingerprint density at radius 3 is 1.48 bits per heavy atom. The number of carbonyl (C=O) groups excluding carboxylic acids is 10. The van der Waals surface area contributed by atoms with Gasteiger partial charge in [0.2, 0.25) is 41.7 Å². The van der Waals surface area contributed by atoms with Crippen LogP contribution in [0.5, 0.6) is 28.7 Å². The third-order valence-electron chi connectivity index (χ3n) is 22.6. The van der Waals surface area contributed by atoms with Gasteiger partial charge >= 0.3 is 17.9 Å². The molecule has 0 aliphatic carbocycles. The maximum absolute atomic E-state index is 14.4. The van der Waals surface area contributed by atoms with Crippen LogP contribution in [0, 0.1) is 27.9 Å². The molecule has 6 heterocycles. The number of nitro benzene ring substituents is 1. The summed E-state index contributed by atoms with van der Waals surface area (Å²) < 4.78 is 90.5. The molecule has 1 unspecified atom stereocenters. The van der Waals surface area contributed by atoms with Crippen LogP contribution in [-0.4, -0.2) is 319 Å². The lowest BCUT2D eigenvalue weighted by atomic mass is 9.94. The number of hydrogen-bond acceptors (Lipinski definition) is 33. The number of ether oxygens (including phenoxy) is 16. The van der Waals surface area contributed by atoms with E-state index in [1.165, 1.54) is 72.2 Å². The first-order valence-corrected chi connectivity index (χ1v) is 44.7. The van der Waals surface area contributed by atoms with E-state index in [0.29, 0.717) is 123 Å². The number of likely N-dealkylation sites (tertiary alicyclic amines) is 1. The number of nitrogens with one attached hydrogen (secondary N) is 4. The number of benzene rings is 4. The monoisotopic (exact) mass is 1880 g/mol. The Hall–Kier alpha value is -11.3. The lowest BCUT2D eigenvalue weighted by Gasteiger charge is -2.34. The second kappa shape index (κ2) is 52.0. The van der Waals surface area contributed by atoms with Crippen LogP contribution in [0.25, 0.3) is 0 Å². The number of aliphatic hydroxyl groups is 5. The number of anilines is 3. The molecule has 736 valence electrons. The molecule has 0 saturated carbocycles. The SMILES string of the molecule is COc1cc2c(cc1OCCCCCOc1cc3c(cc1OC)C(=O)N1C=C(C)C[C@H]1[C@H](O)N3C(=O)OCc1ccc(O[C@@H]3OC[C@@H](O)[C@H](O)[C@H]3O)c([N+](=O)[O-])c1)N(C(=O)OCc1ccc(NC(=O)[C@H](C)NC(=O)[C@@H](NC(=O)CCOCCOCCOCCOCCOCCOCCOCCOCCNC(=O)CCN3C(=O)CC(C(C)C)C3=O)C(C)C)cc1)[C@@H](O)[C@@H]1CC(C)=CN1C2=O. The van der Waals surface area contributed by atoms with Gasteiger partial charge in [0.25, 0.3) is 11.8 Å². The van der Waals surface area contributed by atoms with Crippen molar-refractivity contribution in [3.8, 4) is 28.7 Å². The van der Waals surface area contributed by atoms with Crippen molar-refractivity contribution in [2.75, 3.05) is 168 Å². The minimum Gasteiger partial charge on any atom is -0.493 e. The molecule has 2 fully saturated rings. The molecule has 4 aromatic carbocycles. The molecule has 0 bridgehead atoms. The number of imide groups is 1. The van der Waals surface area contributed by atoms with E-state index in [-0.39, 0.29) is 171 Å². The normalized spacial score (nSPS) is 20.2. The summed E-state index contributed by atoms with van der Waals surface area (Å²) in [4.78, 5) is 151. The van der Waals surface area contributed by atoms with Crippen molar-refractivity contribution in [2.24, 2.45) is 17.8 Å². The Bertz CT molecular complexity index is 4730. The van der Waals surface area contributed by atoms with Crippen LogP contribution in [-0.2, 0) is 94.1 Å². The minimum atomic E-state index is -1.76. The summed E-state index contributed by atoms with van der Waals surface area (Å²) in [6.07, 6.45) is -6.75. The molecule has 9 N–H and O–H groups in total. The Labute approximate surface area is 775 Å². The predicted octanol–water partition coefficient (Wildman–Crippen LogP) is 4.89. The van der Waals surface area contributed by atoms with Crippen LogP contribution < -0.4 is 54.8 Å². The molecule has 6 aliphatic rings. The van der Waals surface area contributed by atoms with Gasteiger partial charge < -0.3 is 132 Å². The largest absolute Gasteiger partial charge is 0.493 e. The number of nitro groups is 1. The maximum atomic E-state index is 14.4. The topological polar surface area (TPSA) is 527 Å². The lowest BCUT2D eigenvalue weighted by molar-refractivity contribution is -0.386. The van der Waals surface area contributed by atoms with Crippen molar-refractivity contribution in [1.82, 2.24) is 30.7 Å². The molecule has 0 aromatic heterocycles. The van der Waals surface area contributed by atoms with Crippen molar-refractivity contribution < 1.29 is 154 Å². The molecular formula is C91H124N10O33. The molecule has 43 nitrogen and oxygen atoms in total. The van der Waals surface area contributed by atoms with E-state index >= 15 is 0 Å². The van der Waals surface area contributed by atoms with Crippen LogP contribution in [0.3, 0.4) is 0 Å². The van der Waals surface area contributed by atoms with Crippen LogP contribution >= 0.6 is 0 Å². The van der Waals surface area contributed by atoms with E-state index < -0.39 is 127 Å². The zero-order chi connectivity index (χ0) is 96.7. The number of fused-ring (bicyclic) bond motifs is 4. The van der Waals surface area contributed by atoms with E-state index in [0.717, 1.165) is 27.0 Å². The predicted molar refractivity (Wildman–Crippen MR) is 474 cm³/mol. The number of carbonyl (C=O) groups is 10. The van der Waals surface area contributed by atoms with Crippen LogP contribution in [0.15, 0.2) is 90.3 Å². The highest BCUT2D eigenvalue weighted by Gasteiger charge is 2.49. The van der Waals surface area contributed by atoms with E-state index in [2.05, 4.69) is 21.3 Å². The van der Waals surface area contributed by atoms with Gasteiger partial charge in [0.15, 0.2) is 41.2 Å². The molecule has 11 atom stereocenters. The summed E-state index contributed by atoms with van der Waals surface area (Å²) in [5.41, 5.74) is 1.62. The minimum absolute atomic E-state index is 0.00190. The quantitative estimate of drug-likeness (QED) is 0.0123. The summed E-state index contributed by atoms with van der Waals surface area (Å²) >= 11 is 0. The number of amides is 10. The second-order valence-corrected chi connectivity index (χ2v) is 33.2. The molecule has 4 aromatic rings. The van der Waals surface area contributed by atoms with Crippen LogP contribution in [0.2, 0.25) is 0 Å². The van der Waals surface area contributed by atoms with Gasteiger partial charge in [-0.2, -0.15) is 0 Å². The molecule has 134 heavy (non-hydrogen) atoms. The van der Waals surface area contributed by atoms with Crippen molar-refractivity contribution >= 4 is 82.2 Å². The zero-order valence-electron chi connectivity index (χ0n) is 76.8. The number of nitrogens with zero attached hydrogens (tertiary/aromatic N) is 6. The number of aliphatic hydroxyl groups excluding tert-OH is 5. The van der Waals surface area contributed by atoms with Gasteiger partial charge in [-0.3, -0.25) is 53.4 Å². The molecule has 6 aliphatic heterocycles. The Kier molecular flexibility index (Phi) is 40.6. The Morgan fingerprint density at radius 1 is 0.530 bits per heavy atom. The highest BCUT2D eigenvalue weighted by Crippen LogP contribution is 2.45. The smallest absolute Gasteiger partial charge is 0.416 e. The molecule has 43 heteroatoms. The second-order valence-electron chi connectivity index (χ2n) is 33.2. The van der Waals surface area contributed by atoms with E-state index in [1.807, 2.05) is 13.8 Å².